The number of aromatic nitrogens is 2. The molecular formula is C10H13N3O2. The number of hydrogen-bond acceptors (Lipinski definition) is 5. The fraction of sp³-hybridized carbons (Fsp3) is 0.500. The maximum absolute atomic E-state index is 11.4. The number of nitrogens with two attached hydrogens (primary N) is 1. The van der Waals surface area contributed by atoms with Crippen LogP contribution in [0.3, 0.4) is 0 Å². The van der Waals surface area contributed by atoms with Gasteiger partial charge in [0.15, 0.2) is 5.69 Å². The van der Waals surface area contributed by atoms with E-state index in [2.05, 4.69) is 9.97 Å². The van der Waals surface area contributed by atoms with Gasteiger partial charge < -0.3 is 10.5 Å². The number of ether oxygens (including phenoxy) is 1. The Morgan fingerprint density at radius 1 is 1.67 bits per heavy atom. The van der Waals surface area contributed by atoms with Gasteiger partial charge in [0, 0.05) is 6.20 Å². The zero-order chi connectivity index (χ0) is 10.9. The maximum atomic E-state index is 11.4. The van der Waals surface area contributed by atoms with Crippen LogP contribution in [0.5, 0.6) is 0 Å². The molecule has 5 nitrogen and oxygen atoms in total. The summed E-state index contributed by atoms with van der Waals surface area (Å²) in [4.78, 5) is 19.6. The molecule has 5 heteroatoms. The Bertz CT molecular complexity index is 388. The molecular weight excluding hydrogens is 194 g/mol. The molecule has 80 valence electrons. The highest BCUT2D eigenvalue weighted by Gasteiger charge is 2.43. The number of hydrogen-bond donors (Lipinski definition) is 1. The first-order valence-corrected chi connectivity index (χ1v) is 4.95. The summed E-state index contributed by atoms with van der Waals surface area (Å²) in [6.07, 6.45) is 3.29. The Balaban J connectivity index is 2.23. The van der Waals surface area contributed by atoms with Crippen molar-refractivity contribution in [1.29, 1.82) is 0 Å². The molecule has 2 rings (SSSR count). The fourth-order valence-corrected chi connectivity index (χ4v) is 1.28. The van der Waals surface area contributed by atoms with Crippen LogP contribution in [0.1, 0.15) is 36.1 Å². The van der Waals surface area contributed by atoms with Crippen molar-refractivity contribution in [2.45, 2.75) is 25.3 Å². The number of nitrogens with zero attached hydrogens (tertiary/aromatic N) is 2. The monoisotopic (exact) mass is 207 g/mol. The molecule has 0 aromatic carbocycles. The van der Waals surface area contributed by atoms with Crippen molar-refractivity contribution in [2.24, 2.45) is 5.73 Å². The van der Waals surface area contributed by atoms with Crippen LogP contribution in [0.4, 0.5) is 0 Å². The van der Waals surface area contributed by atoms with Gasteiger partial charge in [-0.15, -0.1) is 0 Å². The summed E-state index contributed by atoms with van der Waals surface area (Å²) in [6, 6.07) is 1.53. The summed E-state index contributed by atoms with van der Waals surface area (Å²) in [5.41, 5.74) is 5.80. The Labute approximate surface area is 87.7 Å². The van der Waals surface area contributed by atoms with Crippen molar-refractivity contribution in [3.05, 3.63) is 23.8 Å². The van der Waals surface area contributed by atoms with Crippen LogP contribution in [0.15, 0.2) is 12.3 Å². The Morgan fingerprint density at radius 2 is 2.40 bits per heavy atom. The Morgan fingerprint density at radius 3 is 3.00 bits per heavy atom. The first kappa shape index (κ1) is 10.0. The number of esters is 1. The van der Waals surface area contributed by atoms with Gasteiger partial charge in [0.25, 0.3) is 0 Å². The van der Waals surface area contributed by atoms with Crippen LogP contribution in [-0.2, 0) is 10.3 Å². The highest BCUT2D eigenvalue weighted by Crippen LogP contribution is 2.40. The first-order valence-electron chi connectivity index (χ1n) is 4.95. The Kier molecular flexibility index (Phi) is 2.40. The van der Waals surface area contributed by atoms with E-state index in [-0.39, 0.29) is 5.69 Å². The minimum Gasteiger partial charge on any atom is -0.461 e. The molecule has 1 aromatic heterocycles. The quantitative estimate of drug-likeness (QED) is 0.734. The molecule has 1 aliphatic carbocycles. The molecule has 0 atom stereocenters. The molecule has 15 heavy (non-hydrogen) atoms. The lowest BCUT2D eigenvalue weighted by Crippen LogP contribution is -2.23. The number of carbonyl (C=O) groups excluding carboxylic acids is 1. The summed E-state index contributed by atoms with van der Waals surface area (Å²) in [6.45, 7) is 2.09. The lowest BCUT2D eigenvalue weighted by Gasteiger charge is -2.07. The van der Waals surface area contributed by atoms with Gasteiger partial charge >= 0.3 is 5.97 Å². The van der Waals surface area contributed by atoms with E-state index in [1.807, 2.05) is 0 Å². The largest absolute Gasteiger partial charge is 0.461 e. The van der Waals surface area contributed by atoms with E-state index in [1.54, 1.807) is 13.1 Å². The van der Waals surface area contributed by atoms with Gasteiger partial charge in [-0.25, -0.2) is 14.8 Å². The van der Waals surface area contributed by atoms with E-state index in [0.29, 0.717) is 12.4 Å². The van der Waals surface area contributed by atoms with E-state index in [4.69, 9.17) is 10.5 Å². The predicted molar refractivity (Wildman–Crippen MR) is 53.1 cm³/mol. The molecule has 1 fully saturated rings. The lowest BCUT2D eigenvalue weighted by molar-refractivity contribution is 0.0518. The molecule has 0 bridgehead atoms. The average Bonchev–Trinajstić information content (AvgIpc) is 2.99. The average molecular weight is 207 g/mol. The number of rotatable bonds is 3. The molecule has 0 radical (unpaired) electrons. The van der Waals surface area contributed by atoms with Crippen LogP contribution < -0.4 is 5.73 Å². The van der Waals surface area contributed by atoms with Gasteiger partial charge in [0.2, 0.25) is 0 Å². The third-order valence-electron chi connectivity index (χ3n) is 2.37. The summed E-state index contributed by atoms with van der Waals surface area (Å²) >= 11 is 0. The topological polar surface area (TPSA) is 78.1 Å². The van der Waals surface area contributed by atoms with Gasteiger partial charge in [0.1, 0.15) is 5.82 Å². The molecule has 1 aromatic rings. The fourth-order valence-electron chi connectivity index (χ4n) is 1.28. The second-order valence-corrected chi connectivity index (χ2v) is 3.64. The van der Waals surface area contributed by atoms with E-state index in [1.165, 1.54) is 6.07 Å². The van der Waals surface area contributed by atoms with Gasteiger partial charge in [-0.05, 0) is 25.8 Å². The third kappa shape index (κ3) is 1.97. The molecule has 0 aliphatic heterocycles. The van der Waals surface area contributed by atoms with Crippen LogP contribution in [0, 0.1) is 0 Å². The first-order chi connectivity index (χ1) is 7.15. The SMILES string of the molecule is CCOC(=O)c1ccnc(C2(N)CC2)n1. The van der Waals surface area contributed by atoms with Crippen molar-refractivity contribution in [1.82, 2.24) is 9.97 Å². The van der Waals surface area contributed by atoms with Gasteiger partial charge in [-0.3, -0.25) is 0 Å². The smallest absolute Gasteiger partial charge is 0.357 e. The van der Waals surface area contributed by atoms with Crippen molar-refractivity contribution >= 4 is 5.97 Å². The van der Waals surface area contributed by atoms with Crippen LogP contribution in [-0.4, -0.2) is 22.5 Å². The van der Waals surface area contributed by atoms with Crippen molar-refractivity contribution in [3.63, 3.8) is 0 Å². The maximum Gasteiger partial charge on any atom is 0.357 e. The van der Waals surface area contributed by atoms with E-state index in [9.17, 15) is 4.79 Å². The highest BCUT2D eigenvalue weighted by molar-refractivity contribution is 5.87. The predicted octanol–water partition coefficient (Wildman–Crippen LogP) is 0.601. The number of carbonyl (C=O) groups is 1. The molecule has 0 saturated heterocycles. The lowest BCUT2D eigenvalue weighted by atomic mass is 10.2. The zero-order valence-corrected chi connectivity index (χ0v) is 8.56. The van der Waals surface area contributed by atoms with E-state index in [0.717, 1.165) is 12.8 Å². The highest BCUT2D eigenvalue weighted by atomic mass is 16.5. The summed E-state index contributed by atoms with van der Waals surface area (Å²) in [5.74, 6) is 0.110. The van der Waals surface area contributed by atoms with Crippen LogP contribution in [0.2, 0.25) is 0 Å². The normalized spacial score (nSPS) is 17.2. The second kappa shape index (κ2) is 3.58. The second-order valence-electron chi connectivity index (χ2n) is 3.64. The standard InChI is InChI=1S/C10H13N3O2/c1-2-15-8(14)7-3-6-12-9(13-7)10(11)4-5-10/h3,6H,2,4-5,11H2,1H3. The van der Waals surface area contributed by atoms with E-state index < -0.39 is 11.5 Å². The van der Waals surface area contributed by atoms with Crippen LogP contribution >= 0.6 is 0 Å². The van der Waals surface area contributed by atoms with E-state index >= 15 is 0 Å². The summed E-state index contributed by atoms with van der Waals surface area (Å²) in [7, 11) is 0. The molecule has 1 heterocycles. The van der Waals surface area contributed by atoms with Gasteiger partial charge in [0.05, 0.1) is 12.1 Å². The molecule has 0 spiro atoms. The van der Waals surface area contributed by atoms with Crippen molar-refractivity contribution in [3.8, 4) is 0 Å². The van der Waals surface area contributed by atoms with Crippen molar-refractivity contribution < 1.29 is 9.53 Å². The van der Waals surface area contributed by atoms with Gasteiger partial charge in [-0.1, -0.05) is 0 Å². The summed E-state index contributed by atoms with van der Waals surface area (Å²) in [5, 5.41) is 0. The molecule has 0 amide bonds. The molecule has 1 saturated carbocycles. The summed E-state index contributed by atoms with van der Waals surface area (Å²) < 4.78 is 4.85. The van der Waals surface area contributed by atoms with Crippen molar-refractivity contribution in [2.75, 3.05) is 6.61 Å². The zero-order valence-electron chi connectivity index (χ0n) is 8.56. The molecule has 0 unspecified atom stereocenters. The van der Waals surface area contributed by atoms with Crippen LogP contribution in [0.25, 0.3) is 0 Å². The molecule has 2 N–H and O–H groups in total. The minimum atomic E-state index is -0.426. The van der Waals surface area contributed by atoms with Gasteiger partial charge in [-0.2, -0.15) is 0 Å². The minimum absolute atomic E-state index is 0.276. The molecule has 1 aliphatic rings. The Hall–Kier alpha value is -1.49. The third-order valence-corrected chi connectivity index (χ3v) is 2.37.